The molecule has 17 heavy (non-hydrogen) atoms. The van der Waals surface area contributed by atoms with Gasteiger partial charge in [-0.2, -0.15) is 0 Å². The molecule has 7 heteroatoms. The van der Waals surface area contributed by atoms with Crippen molar-refractivity contribution in [1.82, 2.24) is 0 Å². The van der Waals surface area contributed by atoms with Crippen molar-refractivity contribution in [2.45, 2.75) is 32.2 Å². The molecular formula is C10H17F2N3O2. The van der Waals surface area contributed by atoms with Crippen LogP contribution in [0.15, 0.2) is 16.6 Å². The first kappa shape index (κ1) is 15.5. The molecule has 0 saturated heterocycles. The number of aliphatic imine (C=N–C) groups is 1. The number of hydrogen-bond acceptors (Lipinski definition) is 3. The fourth-order valence-electron chi connectivity index (χ4n) is 0.892. The van der Waals surface area contributed by atoms with Crippen LogP contribution in [0.1, 0.15) is 26.7 Å². The van der Waals surface area contributed by atoms with E-state index in [4.69, 9.17) is 16.6 Å². The third-order valence-electron chi connectivity index (χ3n) is 2.11. The molecule has 0 fully saturated rings. The standard InChI is InChI=1S/C10H17F2N3O2/c1-6(13)15-5-8(12)7(11)3-4-10(2,14)9(16)17/h3-5,14H2,1-2H3,(H2,13,15)(H,16,17)/b8-7-/t10-/m0/s1. The number of halogens is 2. The van der Waals surface area contributed by atoms with Gasteiger partial charge < -0.3 is 16.6 Å². The number of allylic oxidation sites excluding steroid dienone is 1. The summed E-state index contributed by atoms with van der Waals surface area (Å²) in [6, 6.07) is 0. The van der Waals surface area contributed by atoms with Crippen molar-refractivity contribution in [3.63, 3.8) is 0 Å². The highest BCUT2D eigenvalue weighted by atomic mass is 19.2. The number of carboxylic acid groups (broad SMARTS) is 1. The van der Waals surface area contributed by atoms with Crippen LogP contribution in [0.5, 0.6) is 0 Å². The van der Waals surface area contributed by atoms with Crippen LogP contribution in [0, 0.1) is 0 Å². The Hall–Kier alpha value is -1.50. The third kappa shape index (κ3) is 5.96. The van der Waals surface area contributed by atoms with Crippen LogP contribution in [0.3, 0.4) is 0 Å². The monoisotopic (exact) mass is 249 g/mol. The Morgan fingerprint density at radius 3 is 2.35 bits per heavy atom. The van der Waals surface area contributed by atoms with E-state index in [2.05, 4.69) is 4.99 Å². The highest BCUT2D eigenvalue weighted by molar-refractivity contribution is 5.78. The summed E-state index contributed by atoms with van der Waals surface area (Å²) in [6.07, 6.45) is -0.586. The number of carboxylic acids is 1. The predicted molar refractivity (Wildman–Crippen MR) is 60.9 cm³/mol. The second-order valence-electron chi connectivity index (χ2n) is 3.99. The fraction of sp³-hybridized carbons (Fsp3) is 0.600. The topological polar surface area (TPSA) is 102 Å². The minimum atomic E-state index is -1.58. The van der Waals surface area contributed by atoms with Crippen LogP contribution in [0.2, 0.25) is 0 Å². The summed E-state index contributed by atoms with van der Waals surface area (Å²) < 4.78 is 26.3. The van der Waals surface area contributed by atoms with Crippen molar-refractivity contribution < 1.29 is 18.7 Å². The molecule has 0 radical (unpaired) electrons. The van der Waals surface area contributed by atoms with Crippen LogP contribution >= 0.6 is 0 Å². The molecule has 0 rings (SSSR count). The summed E-state index contributed by atoms with van der Waals surface area (Å²) >= 11 is 0. The zero-order valence-electron chi connectivity index (χ0n) is 9.83. The van der Waals surface area contributed by atoms with Gasteiger partial charge in [0.05, 0.1) is 12.4 Å². The van der Waals surface area contributed by atoms with Gasteiger partial charge in [-0.1, -0.05) is 0 Å². The SMILES string of the molecule is CC(N)=NC/C(F)=C(/F)CC[C@](C)(N)C(=O)O. The smallest absolute Gasteiger partial charge is 0.323 e. The van der Waals surface area contributed by atoms with Gasteiger partial charge in [0.2, 0.25) is 0 Å². The number of nitrogens with zero attached hydrogens (tertiary/aromatic N) is 1. The highest BCUT2D eigenvalue weighted by Crippen LogP contribution is 2.19. The lowest BCUT2D eigenvalue weighted by Crippen LogP contribution is -2.44. The maximum absolute atomic E-state index is 13.2. The van der Waals surface area contributed by atoms with Gasteiger partial charge in [-0.25, -0.2) is 8.78 Å². The molecular weight excluding hydrogens is 232 g/mol. The van der Waals surface area contributed by atoms with E-state index in [1.165, 1.54) is 13.8 Å². The van der Waals surface area contributed by atoms with Gasteiger partial charge in [0, 0.05) is 6.42 Å². The Balaban J connectivity index is 4.43. The lowest BCUT2D eigenvalue weighted by molar-refractivity contribution is -0.142. The van der Waals surface area contributed by atoms with E-state index in [-0.39, 0.29) is 18.7 Å². The quantitative estimate of drug-likeness (QED) is 0.484. The summed E-state index contributed by atoms with van der Waals surface area (Å²) in [5, 5.41) is 8.67. The Kier molecular flexibility index (Phi) is 5.73. The van der Waals surface area contributed by atoms with Gasteiger partial charge in [0.15, 0.2) is 5.83 Å². The average molecular weight is 249 g/mol. The van der Waals surface area contributed by atoms with Crippen molar-refractivity contribution in [3.8, 4) is 0 Å². The molecule has 0 heterocycles. The van der Waals surface area contributed by atoms with Crippen molar-refractivity contribution in [3.05, 3.63) is 11.7 Å². The second-order valence-corrected chi connectivity index (χ2v) is 3.99. The van der Waals surface area contributed by atoms with E-state index in [1.54, 1.807) is 0 Å². The first-order chi connectivity index (χ1) is 7.66. The van der Waals surface area contributed by atoms with Crippen molar-refractivity contribution in [2.75, 3.05) is 6.54 Å². The molecule has 0 unspecified atom stereocenters. The van der Waals surface area contributed by atoms with E-state index >= 15 is 0 Å². The van der Waals surface area contributed by atoms with Crippen molar-refractivity contribution in [2.24, 2.45) is 16.5 Å². The molecule has 5 nitrogen and oxygen atoms in total. The van der Waals surface area contributed by atoms with Crippen molar-refractivity contribution in [1.29, 1.82) is 0 Å². The van der Waals surface area contributed by atoms with Crippen LogP contribution in [0.4, 0.5) is 8.78 Å². The molecule has 0 aromatic heterocycles. The Bertz CT molecular complexity index is 347. The predicted octanol–water partition coefficient (Wildman–Crippen LogP) is 1.10. The molecule has 0 aliphatic rings. The minimum absolute atomic E-state index is 0.141. The number of carbonyl (C=O) groups is 1. The van der Waals surface area contributed by atoms with E-state index in [1.807, 2.05) is 0 Å². The molecule has 5 N–H and O–H groups in total. The summed E-state index contributed by atoms with van der Waals surface area (Å²) in [5.74, 6) is -3.23. The largest absolute Gasteiger partial charge is 0.480 e. The van der Waals surface area contributed by atoms with Gasteiger partial charge in [0.25, 0.3) is 0 Å². The van der Waals surface area contributed by atoms with Gasteiger partial charge in [-0.3, -0.25) is 9.79 Å². The maximum Gasteiger partial charge on any atom is 0.323 e. The van der Waals surface area contributed by atoms with Gasteiger partial charge in [-0.05, 0) is 20.3 Å². The summed E-state index contributed by atoms with van der Waals surface area (Å²) in [6.45, 7) is 2.21. The highest BCUT2D eigenvalue weighted by Gasteiger charge is 2.28. The minimum Gasteiger partial charge on any atom is -0.480 e. The van der Waals surface area contributed by atoms with E-state index < -0.39 is 29.7 Å². The molecule has 0 bridgehead atoms. The van der Waals surface area contributed by atoms with Crippen LogP contribution < -0.4 is 11.5 Å². The summed E-state index contributed by atoms with van der Waals surface area (Å²) in [7, 11) is 0. The summed E-state index contributed by atoms with van der Waals surface area (Å²) in [4.78, 5) is 14.1. The first-order valence-corrected chi connectivity index (χ1v) is 4.98. The second kappa shape index (κ2) is 6.29. The average Bonchev–Trinajstić information content (AvgIpc) is 2.22. The maximum atomic E-state index is 13.2. The number of nitrogens with two attached hydrogens (primary N) is 2. The number of hydrogen-bond donors (Lipinski definition) is 3. The Labute approximate surface area is 98.2 Å². The molecule has 0 amide bonds. The zero-order valence-corrected chi connectivity index (χ0v) is 9.83. The Morgan fingerprint density at radius 2 is 1.94 bits per heavy atom. The first-order valence-electron chi connectivity index (χ1n) is 4.98. The molecule has 0 aliphatic heterocycles. The van der Waals surface area contributed by atoms with E-state index in [9.17, 15) is 13.6 Å². The molecule has 0 spiro atoms. The number of aliphatic carboxylic acids is 1. The molecule has 0 saturated carbocycles. The summed E-state index contributed by atoms with van der Waals surface area (Å²) in [5.41, 5.74) is 8.96. The van der Waals surface area contributed by atoms with Crippen LogP contribution in [0.25, 0.3) is 0 Å². The molecule has 0 aromatic carbocycles. The lowest BCUT2D eigenvalue weighted by atomic mass is 9.97. The van der Waals surface area contributed by atoms with E-state index in [0.29, 0.717) is 0 Å². The number of rotatable bonds is 6. The zero-order chi connectivity index (χ0) is 13.6. The molecule has 0 aromatic rings. The molecule has 0 aliphatic carbocycles. The third-order valence-corrected chi connectivity index (χ3v) is 2.11. The van der Waals surface area contributed by atoms with E-state index in [0.717, 1.165) is 0 Å². The number of amidine groups is 1. The van der Waals surface area contributed by atoms with Gasteiger partial charge in [0.1, 0.15) is 11.4 Å². The van der Waals surface area contributed by atoms with Crippen LogP contribution in [-0.4, -0.2) is 29.0 Å². The molecule has 98 valence electrons. The van der Waals surface area contributed by atoms with Gasteiger partial charge in [-0.15, -0.1) is 0 Å². The lowest BCUT2D eigenvalue weighted by Gasteiger charge is -2.18. The van der Waals surface area contributed by atoms with Crippen LogP contribution in [-0.2, 0) is 4.79 Å². The van der Waals surface area contributed by atoms with Gasteiger partial charge >= 0.3 is 5.97 Å². The molecule has 1 atom stereocenters. The van der Waals surface area contributed by atoms with Crippen molar-refractivity contribution >= 4 is 11.8 Å². The fourth-order valence-corrected chi connectivity index (χ4v) is 0.892. The Morgan fingerprint density at radius 1 is 1.41 bits per heavy atom. The normalized spacial score (nSPS) is 17.4.